The summed E-state index contributed by atoms with van der Waals surface area (Å²) in [6, 6.07) is 3.70. The fourth-order valence-corrected chi connectivity index (χ4v) is 3.60. The van der Waals surface area contributed by atoms with Crippen molar-refractivity contribution in [3.63, 3.8) is 0 Å². The van der Waals surface area contributed by atoms with Gasteiger partial charge < -0.3 is 24.2 Å². The van der Waals surface area contributed by atoms with Gasteiger partial charge in [0.25, 0.3) is 0 Å². The van der Waals surface area contributed by atoms with Crippen molar-refractivity contribution in [1.29, 1.82) is 0 Å². The molecule has 2 heterocycles. The van der Waals surface area contributed by atoms with Crippen LogP contribution in [0.4, 0.5) is 14.9 Å². The first kappa shape index (κ1) is 25.8. The summed E-state index contributed by atoms with van der Waals surface area (Å²) in [5.41, 5.74) is -0.622. The summed E-state index contributed by atoms with van der Waals surface area (Å²) in [7, 11) is 0. The third-order valence-electron chi connectivity index (χ3n) is 4.99. The number of halogens is 1. The minimum absolute atomic E-state index is 0. The van der Waals surface area contributed by atoms with E-state index in [2.05, 4.69) is 0 Å². The number of benzene rings is 1. The van der Waals surface area contributed by atoms with Gasteiger partial charge in [-0.3, -0.25) is 4.79 Å². The van der Waals surface area contributed by atoms with Gasteiger partial charge in [0.1, 0.15) is 17.1 Å². The van der Waals surface area contributed by atoms with Gasteiger partial charge in [-0.2, -0.15) is 0 Å². The van der Waals surface area contributed by atoms with Crippen LogP contribution in [0.1, 0.15) is 38.2 Å². The molecule has 1 amide bonds. The second-order valence-electron chi connectivity index (χ2n) is 8.22. The molecule has 1 aromatic carbocycles. The Morgan fingerprint density at radius 1 is 1.13 bits per heavy atom. The molecule has 0 aliphatic carbocycles. The predicted molar refractivity (Wildman–Crippen MR) is 117 cm³/mol. The molecule has 1 N–H and O–H groups in total. The number of aromatic carboxylic acids is 1. The van der Waals surface area contributed by atoms with E-state index in [1.807, 2.05) is 0 Å². The molecule has 3 rings (SSSR count). The number of ether oxygens (including phenoxy) is 1. The number of piperazine rings is 1. The summed E-state index contributed by atoms with van der Waals surface area (Å²) >= 11 is 0. The van der Waals surface area contributed by atoms with E-state index in [1.54, 1.807) is 37.5 Å². The van der Waals surface area contributed by atoms with Gasteiger partial charge in [-0.05, 0) is 39.8 Å². The zero-order valence-electron chi connectivity index (χ0n) is 18.6. The maximum absolute atomic E-state index is 14.8. The fourth-order valence-electron chi connectivity index (χ4n) is 3.60. The van der Waals surface area contributed by atoms with Gasteiger partial charge >= 0.3 is 12.1 Å². The second-order valence-corrected chi connectivity index (χ2v) is 8.22. The number of carbonyl (C=O) groups is 2. The zero-order chi connectivity index (χ0) is 22.2. The van der Waals surface area contributed by atoms with E-state index >= 15 is 0 Å². The maximum Gasteiger partial charge on any atom is 0.410 e. The number of aryl methyl sites for hydroxylation is 1. The predicted octanol–water partition coefficient (Wildman–Crippen LogP) is 2.54. The molecule has 0 unspecified atom stereocenters. The van der Waals surface area contributed by atoms with Gasteiger partial charge in [0.15, 0.2) is 5.43 Å². The van der Waals surface area contributed by atoms with E-state index < -0.39 is 28.9 Å². The number of aromatic nitrogens is 1. The summed E-state index contributed by atoms with van der Waals surface area (Å²) in [5.74, 6) is -1.77. The first-order chi connectivity index (χ1) is 14.0. The average molecular weight is 459 g/mol. The molecule has 1 aliphatic heterocycles. The summed E-state index contributed by atoms with van der Waals surface area (Å²) in [4.78, 5) is 39.5. The van der Waals surface area contributed by atoms with E-state index in [9.17, 15) is 23.9 Å². The molecule has 1 radical (unpaired) electrons. The monoisotopic (exact) mass is 458 g/mol. The number of fused-ring (bicyclic) bond motifs is 1. The van der Waals surface area contributed by atoms with Gasteiger partial charge in [-0.15, -0.1) is 0 Å². The van der Waals surface area contributed by atoms with Crippen LogP contribution in [0.2, 0.25) is 0 Å². The molecule has 1 fully saturated rings. The Labute approximate surface area is 222 Å². The molecular formula is C21H26FKN3O5. The minimum Gasteiger partial charge on any atom is -0.477 e. The van der Waals surface area contributed by atoms with Crippen molar-refractivity contribution in [2.45, 2.75) is 39.8 Å². The van der Waals surface area contributed by atoms with Crippen molar-refractivity contribution < 1.29 is 23.8 Å². The number of amides is 1. The number of anilines is 1. The van der Waals surface area contributed by atoms with Crippen LogP contribution < -0.4 is 10.3 Å². The summed E-state index contributed by atoms with van der Waals surface area (Å²) in [6.07, 6.45) is -0.410. The Balaban J connectivity index is 0.00000341. The van der Waals surface area contributed by atoms with E-state index in [0.29, 0.717) is 38.2 Å². The van der Waals surface area contributed by atoms with Crippen LogP contribution in [0, 0.1) is 5.82 Å². The average Bonchev–Trinajstić information content (AvgIpc) is 2.66. The quantitative estimate of drug-likeness (QED) is 0.711. The molecule has 0 atom stereocenters. The van der Waals surface area contributed by atoms with Gasteiger partial charge in [0.05, 0.1) is 11.2 Å². The molecule has 0 saturated carbocycles. The SMILES string of the molecule is CCn1c(C(=O)O)cc(=O)c2cc(F)c(N3CCN(C(=O)OC(C)(C)C)CC3)cc21.[K]. The molecule has 0 bridgehead atoms. The van der Waals surface area contributed by atoms with Gasteiger partial charge in [-0.1, -0.05) is 0 Å². The largest absolute Gasteiger partial charge is 0.477 e. The van der Waals surface area contributed by atoms with Crippen LogP contribution >= 0.6 is 0 Å². The number of pyridine rings is 1. The molecule has 1 aromatic heterocycles. The van der Waals surface area contributed by atoms with E-state index in [-0.39, 0.29) is 68.2 Å². The first-order valence-electron chi connectivity index (χ1n) is 9.85. The smallest absolute Gasteiger partial charge is 0.410 e. The number of nitrogens with zero attached hydrogens (tertiary/aromatic N) is 3. The number of hydrogen-bond acceptors (Lipinski definition) is 5. The summed E-state index contributed by atoms with van der Waals surface area (Å²) < 4.78 is 21.7. The first-order valence-corrected chi connectivity index (χ1v) is 9.85. The molecule has 2 aromatic rings. The van der Waals surface area contributed by atoms with Crippen LogP contribution in [0.25, 0.3) is 10.9 Å². The number of hydrogen-bond donors (Lipinski definition) is 1. The summed E-state index contributed by atoms with van der Waals surface area (Å²) in [5, 5.41) is 9.56. The van der Waals surface area contributed by atoms with Gasteiger partial charge in [-0.25, -0.2) is 14.0 Å². The fraction of sp³-hybridized carbons (Fsp3) is 0.476. The van der Waals surface area contributed by atoms with E-state index in [1.165, 1.54) is 10.6 Å². The number of carboxylic acids is 1. The van der Waals surface area contributed by atoms with Crippen molar-refractivity contribution >= 4 is 80.0 Å². The van der Waals surface area contributed by atoms with E-state index in [0.717, 1.165) is 12.1 Å². The minimum atomic E-state index is -1.22. The maximum atomic E-state index is 14.8. The molecule has 163 valence electrons. The van der Waals surface area contributed by atoms with Crippen LogP contribution in [-0.4, -0.2) is 110 Å². The Morgan fingerprint density at radius 3 is 2.26 bits per heavy atom. The second kappa shape index (κ2) is 9.99. The Kier molecular flexibility index (Phi) is 8.31. The van der Waals surface area contributed by atoms with E-state index in [4.69, 9.17) is 4.74 Å². The van der Waals surface area contributed by atoms with Gasteiger partial charge in [0, 0.05) is 95.6 Å². The number of rotatable bonds is 3. The van der Waals surface area contributed by atoms with Crippen molar-refractivity contribution in [3.05, 3.63) is 39.9 Å². The third-order valence-corrected chi connectivity index (χ3v) is 4.99. The van der Waals surface area contributed by atoms with Crippen LogP contribution in [0.5, 0.6) is 0 Å². The third kappa shape index (κ3) is 5.67. The summed E-state index contributed by atoms with van der Waals surface area (Å²) in [6.45, 7) is 8.96. The van der Waals surface area contributed by atoms with Crippen LogP contribution in [-0.2, 0) is 11.3 Å². The van der Waals surface area contributed by atoms with Crippen LogP contribution in [0.15, 0.2) is 23.0 Å². The Morgan fingerprint density at radius 2 is 1.74 bits per heavy atom. The molecule has 31 heavy (non-hydrogen) atoms. The standard InChI is InChI=1S/C21H26FN3O5.K/c1-5-25-15-11-16(14(22)10-13(15)18(26)12-17(25)19(27)28)23-6-8-24(9-7-23)20(29)30-21(2,3)4;/h10-12H,5-9H2,1-4H3,(H,27,28);. The molecule has 0 spiro atoms. The zero-order valence-corrected chi connectivity index (χ0v) is 21.7. The molecule has 1 saturated heterocycles. The van der Waals surface area contributed by atoms with Gasteiger partial charge in [0.2, 0.25) is 0 Å². The molecule has 10 heteroatoms. The number of carbonyl (C=O) groups excluding carboxylic acids is 1. The topological polar surface area (TPSA) is 92.1 Å². The van der Waals surface area contributed by atoms with Crippen molar-refractivity contribution in [2.75, 3.05) is 31.1 Å². The molecule has 1 aliphatic rings. The van der Waals surface area contributed by atoms with Crippen molar-refractivity contribution in [2.24, 2.45) is 0 Å². The Bertz CT molecular complexity index is 1060. The van der Waals surface area contributed by atoms with Crippen molar-refractivity contribution in [1.82, 2.24) is 9.47 Å². The number of carboxylic acid groups (broad SMARTS) is 1. The molecule has 8 nitrogen and oxygen atoms in total. The molecular weight excluding hydrogens is 432 g/mol. The van der Waals surface area contributed by atoms with Crippen LogP contribution in [0.3, 0.4) is 0 Å². The Hall–Kier alpha value is -1.46. The van der Waals surface area contributed by atoms with Crippen molar-refractivity contribution in [3.8, 4) is 0 Å². The normalized spacial score (nSPS) is 14.4.